The van der Waals surface area contributed by atoms with Gasteiger partial charge >= 0.3 is 0 Å². The van der Waals surface area contributed by atoms with Crippen LogP contribution in [0.15, 0.2) is 25.3 Å². The highest BCUT2D eigenvalue weighted by Crippen LogP contribution is 2.01. The molecule has 0 saturated heterocycles. The van der Waals surface area contributed by atoms with Crippen molar-refractivity contribution in [1.82, 2.24) is 35.2 Å². The Labute approximate surface area is 125 Å². The third-order valence-corrected chi connectivity index (χ3v) is 2.64. The molecule has 0 radical (unpaired) electrons. The molecule has 2 rings (SSSR count). The topological polar surface area (TPSA) is 89.4 Å². The van der Waals surface area contributed by atoms with Crippen molar-refractivity contribution in [2.24, 2.45) is 0 Å². The molecule has 0 fully saturated rings. The minimum Gasteiger partial charge on any atom is -0.317 e. The van der Waals surface area contributed by atoms with Crippen LogP contribution >= 0.6 is 0 Å². The Kier molecular flexibility index (Phi) is 9.55. The van der Waals surface area contributed by atoms with Crippen molar-refractivity contribution in [1.29, 1.82) is 0 Å². The first kappa shape index (κ1) is 17.0. The van der Waals surface area contributed by atoms with Crippen molar-refractivity contribution in [2.45, 2.75) is 39.5 Å². The fourth-order valence-corrected chi connectivity index (χ4v) is 1.56. The molecule has 21 heavy (non-hydrogen) atoms. The van der Waals surface area contributed by atoms with Crippen LogP contribution < -0.4 is 5.32 Å². The van der Waals surface area contributed by atoms with E-state index in [9.17, 15) is 0 Å². The summed E-state index contributed by atoms with van der Waals surface area (Å²) in [6.45, 7) is 6.72. The van der Waals surface area contributed by atoms with E-state index in [4.69, 9.17) is 0 Å². The molecule has 1 N–H and O–H groups in total. The Bertz CT molecular complexity index is 406. The van der Waals surface area contributed by atoms with Gasteiger partial charge in [0.2, 0.25) is 11.6 Å². The fraction of sp³-hybridized carbons (Fsp3) is 0.571. The van der Waals surface area contributed by atoms with Crippen LogP contribution in [-0.4, -0.2) is 43.0 Å². The molecular formula is C14H23N7. The molecule has 0 atom stereocenters. The molecule has 7 nitrogen and oxygen atoms in total. The molecule has 0 saturated carbocycles. The van der Waals surface area contributed by atoms with Gasteiger partial charge in [0.05, 0.1) is 0 Å². The predicted molar refractivity (Wildman–Crippen MR) is 81.3 cm³/mol. The predicted octanol–water partition coefficient (Wildman–Crippen LogP) is 1.90. The summed E-state index contributed by atoms with van der Waals surface area (Å²) in [5.41, 5.74) is 0. The van der Waals surface area contributed by atoms with Crippen molar-refractivity contribution in [2.75, 3.05) is 13.1 Å². The van der Waals surface area contributed by atoms with Gasteiger partial charge < -0.3 is 5.32 Å². The highest BCUT2D eigenvalue weighted by Gasteiger charge is 2.00. The summed E-state index contributed by atoms with van der Waals surface area (Å²) in [6.07, 6.45) is 11.1. The van der Waals surface area contributed by atoms with Crippen LogP contribution in [0.3, 0.4) is 0 Å². The summed E-state index contributed by atoms with van der Waals surface area (Å²) < 4.78 is 0. The van der Waals surface area contributed by atoms with Gasteiger partial charge in [-0.3, -0.25) is 0 Å². The van der Waals surface area contributed by atoms with Crippen LogP contribution in [-0.2, 0) is 0 Å². The monoisotopic (exact) mass is 289 g/mol. The molecular weight excluding hydrogens is 266 g/mol. The van der Waals surface area contributed by atoms with Gasteiger partial charge in [-0.25, -0.2) is 29.9 Å². The van der Waals surface area contributed by atoms with Crippen LogP contribution in [0.25, 0.3) is 11.6 Å². The first-order valence-electron chi connectivity index (χ1n) is 7.33. The number of hydrogen-bond donors (Lipinski definition) is 1. The molecule has 2 aromatic rings. The van der Waals surface area contributed by atoms with Gasteiger partial charge in [0.1, 0.15) is 25.3 Å². The zero-order chi connectivity index (χ0) is 15.2. The molecule has 2 heterocycles. The minimum atomic E-state index is 0.451. The van der Waals surface area contributed by atoms with Gasteiger partial charge in [0.25, 0.3) is 0 Å². The van der Waals surface area contributed by atoms with Crippen LogP contribution in [0, 0.1) is 0 Å². The molecule has 0 aliphatic carbocycles. The molecule has 7 heteroatoms. The van der Waals surface area contributed by atoms with E-state index in [2.05, 4.69) is 49.1 Å². The van der Waals surface area contributed by atoms with E-state index in [-0.39, 0.29) is 0 Å². The molecule has 0 bridgehead atoms. The van der Waals surface area contributed by atoms with Crippen molar-refractivity contribution in [3.63, 3.8) is 0 Å². The molecule has 0 spiro atoms. The van der Waals surface area contributed by atoms with E-state index in [0.717, 1.165) is 6.54 Å². The highest BCUT2D eigenvalue weighted by molar-refractivity contribution is 5.39. The smallest absolute Gasteiger partial charge is 0.200 e. The first-order valence-corrected chi connectivity index (χ1v) is 7.33. The van der Waals surface area contributed by atoms with E-state index < -0.39 is 0 Å². The second-order valence-electron chi connectivity index (χ2n) is 4.34. The lowest BCUT2D eigenvalue weighted by atomic mass is 10.2. The third-order valence-electron chi connectivity index (χ3n) is 2.64. The van der Waals surface area contributed by atoms with E-state index in [1.807, 2.05) is 0 Å². The molecule has 0 amide bonds. The van der Waals surface area contributed by atoms with Gasteiger partial charge in [0.15, 0.2) is 0 Å². The van der Waals surface area contributed by atoms with E-state index >= 15 is 0 Å². The maximum Gasteiger partial charge on any atom is 0.200 e. The van der Waals surface area contributed by atoms with Crippen LogP contribution in [0.5, 0.6) is 0 Å². The Hall–Kier alpha value is -2.02. The normalized spacial score (nSPS) is 9.81. The lowest BCUT2D eigenvalue weighted by Crippen LogP contribution is -2.13. The Morgan fingerprint density at radius 1 is 0.762 bits per heavy atom. The molecule has 0 unspecified atom stereocenters. The Morgan fingerprint density at radius 2 is 1.29 bits per heavy atom. The first-order chi connectivity index (χ1) is 10.4. The van der Waals surface area contributed by atoms with Crippen LogP contribution in [0.4, 0.5) is 0 Å². The maximum atomic E-state index is 3.87. The largest absolute Gasteiger partial charge is 0.317 e. The fourth-order valence-electron chi connectivity index (χ4n) is 1.56. The van der Waals surface area contributed by atoms with Crippen molar-refractivity contribution in [3.05, 3.63) is 25.3 Å². The lowest BCUT2D eigenvalue weighted by molar-refractivity contribution is 0.611. The molecule has 0 aliphatic rings. The molecule has 114 valence electrons. The highest BCUT2D eigenvalue weighted by atomic mass is 15.1. The molecule has 0 aromatic carbocycles. The summed E-state index contributed by atoms with van der Waals surface area (Å²) >= 11 is 0. The van der Waals surface area contributed by atoms with E-state index in [0.29, 0.717) is 11.6 Å². The number of rotatable bonds is 7. The number of nitrogens with zero attached hydrogens (tertiary/aromatic N) is 6. The van der Waals surface area contributed by atoms with Gasteiger partial charge in [-0.1, -0.05) is 33.1 Å². The third kappa shape index (κ3) is 7.98. The van der Waals surface area contributed by atoms with Crippen LogP contribution in [0.2, 0.25) is 0 Å². The van der Waals surface area contributed by atoms with Gasteiger partial charge in [-0.05, 0) is 19.5 Å². The summed E-state index contributed by atoms with van der Waals surface area (Å²) in [5, 5.41) is 3.31. The second-order valence-corrected chi connectivity index (χ2v) is 4.34. The summed E-state index contributed by atoms with van der Waals surface area (Å²) in [5.74, 6) is 0.903. The zero-order valence-corrected chi connectivity index (χ0v) is 12.7. The zero-order valence-electron chi connectivity index (χ0n) is 12.7. The van der Waals surface area contributed by atoms with E-state index in [1.54, 1.807) is 0 Å². The Balaban J connectivity index is 0.000000222. The number of unbranched alkanes of at least 4 members (excludes halogenated alkanes) is 3. The van der Waals surface area contributed by atoms with Crippen molar-refractivity contribution >= 4 is 0 Å². The average Bonchev–Trinajstić information content (AvgIpc) is 2.57. The number of nitrogens with one attached hydrogen (secondary N) is 1. The lowest BCUT2D eigenvalue weighted by Gasteiger charge is -1.98. The average molecular weight is 289 g/mol. The standard InChI is InChI=1S/C8H19N.C6H4N6/c1-3-5-6-7-8-9-4-2;1-7-2-10-5(9-1)6-11-3-8-4-12-6/h9H,3-8H2,1-2H3;1-4H. The van der Waals surface area contributed by atoms with Crippen LogP contribution in [0.1, 0.15) is 39.5 Å². The second kappa shape index (κ2) is 11.8. The van der Waals surface area contributed by atoms with Gasteiger partial charge in [-0.15, -0.1) is 0 Å². The quantitative estimate of drug-likeness (QED) is 0.778. The maximum absolute atomic E-state index is 3.87. The number of hydrogen-bond acceptors (Lipinski definition) is 7. The number of aromatic nitrogens is 6. The summed E-state index contributed by atoms with van der Waals surface area (Å²) in [6, 6.07) is 0. The molecule has 2 aromatic heterocycles. The summed E-state index contributed by atoms with van der Waals surface area (Å²) in [4.78, 5) is 22.9. The van der Waals surface area contributed by atoms with Gasteiger partial charge in [-0.2, -0.15) is 0 Å². The summed E-state index contributed by atoms with van der Waals surface area (Å²) in [7, 11) is 0. The van der Waals surface area contributed by atoms with Crippen molar-refractivity contribution < 1.29 is 0 Å². The Morgan fingerprint density at radius 3 is 1.71 bits per heavy atom. The van der Waals surface area contributed by atoms with Crippen molar-refractivity contribution in [3.8, 4) is 11.6 Å². The van der Waals surface area contributed by atoms with E-state index in [1.165, 1.54) is 57.5 Å². The SMILES string of the molecule is CCCCCCNCC.c1ncnc(-c2ncncn2)n1. The van der Waals surface area contributed by atoms with Gasteiger partial charge in [0, 0.05) is 0 Å². The minimum absolute atomic E-state index is 0.451. The molecule has 0 aliphatic heterocycles.